The van der Waals surface area contributed by atoms with Crippen molar-refractivity contribution in [1.29, 1.82) is 0 Å². The van der Waals surface area contributed by atoms with Crippen LogP contribution in [0.2, 0.25) is 0 Å². The van der Waals surface area contributed by atoms with Crippen LogP contribution in [0.4, 0.5) is 14.6 Å². The van der Waals surface area contributed by atoms with Gasteiger partial charge in [-0.2, -0.15) is 5.10 Å². The van der Waals surface area contributed by atoms with Crippen LogP contribution in [0.5, 0.6) is 0 Å². The lowest BCUT2D eigenvalue weighted by Gasteiger charge is -2.36. The molecule has 0 aliphatic heterocycles. The Morgan fingerprint density at radius 2 is 2.00 bits per heavy atom. The van der Waals surface area contributed by atoms with Gasteiger partial charge in [0.15, 0.2) is 0 Å². The molecule has 0 amide bonds. The van der Waals surface area contributed by atoms with Crippen molar-refractivity contribution in [2.75, 3.05) is 5.32 Å². The summed E-state index contributed by atoms with van der Waals surface area (Å²) in [5.74, 6) is -2.13. The number of anilines is 1. The number of aromatic nitrogens is 3. The third-order valence-corrected chi connectivity index (χ3v) is 4.63. The Bertz CT molecular complexity index is 953. The highest BCUT2D eigenvalue weighted by atomic mass is 19.3. The molecule has 0 bridgehead atoms. The summed E-state index contributed by atoms with van der Waals surface area (Å²) in [4.78, 5) is 4.35. The van der Waals surface area contributed by atoms with Crippen LogP contribution in [-0.4, -0.2) is 20.7 Å². The van der Waals surface area contributed by atoms with Crippen molar-refractivity contribution in [1.82, 2.24) is 14.8 Å². The van der Waals surface area contributed by atoms with E-state index in [1.807, 2.05) is 37.6 Å². The number of fused-ring (bicyclic) bond motifs is 1. The molecule has 1 fully saturated rings. The normalized spacial score (nSPS) is 16.6. The zero-order valence-corrected chi connectivity index (χ0v) is 13.8. The van der Waals surface area contributed by atoms with Crippen LogP contribution >= 0.6 is 0 Å². The fourth-order valence-corrected chi connectivity index (χ4v) is 3.13. The summed E-state index contributed by atoms with van der Waals surface area (Å²) in [7, 11) is 1.88. The van der Waals surface area contributed by atoms with E-state index in [9.17, 15) is 8.78 Å². The van der Waals surface area contributed by atoms with E-state index < -0.39 is 5.92 Å². The van der Waals surface area contributed by atoms with Crippen LogP contribution in [0.25, 0.3) is 21.9 Å². The fourth-order valence-electron chi connectivity index (χ4n) is 3.13. The molecule has 1 saturated carbocycles. The summed E-state index contributed by atoms with van der Waals surface area (Å²) >= 11 is 0. The van der Waals surface area contributed by atoms with Crippen molar-refractivity contribution < 1.29 is 8.78 Å². The Morgan fingerprint density at radius 3 is 2.68 bits per heavy atom. The van der Waals surface area contributed by atoms with Gasteiger partial charge in [-0.1, -0.05) is 18.7 Å². The minimum Gasteiger partial charge on any atom is -0.344 e. The van der Waals surface area contributed by atoms with Gasteiger partial charge in [0.25, 0.3) is 0 Å². The molecule has 1 N–H and O–H groups in total. The Labute approximate surface area is 144 Å². The molecule has 0 atom stereocenters. The molecule has 2 aromatic heterocycles. The molecule has 25 heavy (non-hydrogen) atoms. The first-order chi connectivity index (χ1) is 11.9. The van der Waals surface area contributed by atoms with E-state index >= 15 is 0 Å². The lowest BCUT2D eigenvalue weighted by molar-refractivity contribution is -0.0988. The molecule has 4 rings (SSSR count). The smallest absolute Gasteiger partial charge is 0.249 e. The van der Waals surface area contributed by atoms with Crippen LogP contribution in [0.3, 0.4) is 0 Å². The summed E-state index contributed by atoms with van der Waals surface area (Å²) in [5.41, 5.74) is 2.70. The Morgan fingerprint density at radius 1 is 1.20 bits per heavy atom. The first-order valence-corrected chi connectivity index (χ1v) is 8.12. The van der Waals surface area contributed by atoms with Crippen LogP contribution in [0, 0.1) is 5.92 Å². The summed E-state index contributed by atoms with van der Waals surface area (Å²) < 4.78 is 27.8. The van der Waals surface area contributed by atoms with Gasteiger partial charge in [-0.3, -0.25) is 4.68 Å². The summed E-state index contributed by atoms with van der Waals surface area (Å²) in [6.45, 7) is 3.89. The van der Waals surface area contributed by atoms with E-state index in [1.165, 1.54) is 0 Å². The number of nitrogens with zero attached hydrogens (tertiary/aromatic N) is 3. The quantitative estimate of drug-likeness (QED) is 0.754. The molecule has 0 spiro atoms. The van der Waals surface area contributed by atoms with Crippen molar-refractivity contribution in [3.63, 3.8) is 0 Å². The van der Waals surface area contributed by atoms with Gasteiger partial charge < -0.3 is 5.32 Å². The van der Waals surface area contributed by atoms with Crippen LogP contribution in [-0.2, 0) is 7.05 Å². The zero-order valence-electron chi connectivity index (χ0n) is 13.8. The maximum atomic E-state index is 13.0. The largest absolute Gasteiger partial charge is 0.344 e. The number of allylic oxidation sites excluding steroid dienone is 1. The zero-order chi connectivity index (χ0) is 17.6. The molecule has 6 heteroatoms. The molecular formula is C19H18F2N4. The Kier molecular flexibility index (Phi) is 3.56. The van der Waals surface area contributed by atoms with Gasteiger partial charge in [0.1, 0.15) is 5.82 Å². The maximum Gasteiger partial charge on any atom is 0.249 e. The monoisotopic (exact) mass is 340 g/mol. The number of halogens is 2. The van der Waals surface area contributed by atoms with Gasteiger partial charge in [-0.25, -0.2) is 13.8 Å². The molecule has 4 nitrogen and oxygen atoms in total. The second-order valence-electron chi connectivity index (χ2n) is 6.65. The van der Waals surface area contributed by atoms with Gasteiger partial charge in [0.2, 0.25) is 5.92 Å². The van der Waals surface area contributed by atoms with E-state index in [4.69, 9.17) is 0 Å². The first-order valence-electron chi connectivity index (χ1n) is 8.12. The van der Waals surface area contributed by atoms with E-state index in [1.54, 1.807) is 10.9 Å². The van der Waals surface area contributed by atoms with E-state index in [0.717, 1.165) is 21.9 Å². The van der Waals surface area contributed by atoms with Crippen molar-refractivity contribution in [3.8, 4) is 11.1 Å². The molecule has 2 heterocycles. The third kappa shape index (κ3) is 3.12. The van der Waals surface area contributed by atoms with Crippen molar-refractivity contribution in [3.05, 3.63) is 55.1 Å². The molecule has 0 unspecified atom stereocenters. The Hall–Kier alpha value is -2.76. The number of alkyl halides is 2. The molecular weight excluding hydrogens is 322 g/mol. The number of benzene rings is 1. The van der Waals surface area contributed by atoms with Crippen molar-refractivity contribution >= 4 is 16.6 Å². The predicted molar refractivity (Wildman–Crippen MR) is 94.4 cm³/mol. The van der Waals surface area contributed by atoms with E-state index in [-0.39, 0.29) is 18.8 Å². The molecule has 1 aromatic carbocycles. The van der Waals surface area contributed by atoms with Gasteiger partial charge in [-0.15, -0.1) is 0 Å². The van der Waals surface area contributed by atoms with Gasteiger partial charge in [0, 0.05) is 54.8 Å². The maximum absolute atomic E-state index is 13.0. The van der Waals surface area contributed by atoms with Crippen LogP contribution in [0.15, 0.2) is 55.1 Å². The highest BCUT2D eigenvalue weighted by Crippen LogP contribution is 2.45. The second kappa shape index (κ2) is 5.65. The number of hydrogen-bond acceptors (Lipinski definition) is 3. The second-order valence-corrected chi connectivity index (χ2v) is 6.65. The number of nitrogens with one attached hydrogen (secondary N) is 1. The van der Waals surface area contributed by atoms with Crippen LogP contribution in [0.1, 0.15) is 12.8 Å². The average molecular weight is 340 g/mol. The number of pyridine rings is 1. The highest BCUT2D eigenvalue weighted by Gasteiger charge is 2.46. The number of rotatable bonds is 4. The molecule has 128 valence electrons. The Balaban J connectivity index is 1.57. The summed E-state index contributed by atoms with van der Waals surface area (Å²) in [5, 5.41) is 9.31. The fraction of sp³-hybridized carbons (Fsp3) is 0.263. The predicted octanol–water partition coefficient (Wildman–Crippen LogP) is 4.61. The molecule has 1 aliphatic rings. The topological polar surface area (TPSA) is 42.7 Å². The van der Waals surface area contributed by atoms with Gasteiger partial charge in [0.05, 0.1) is 6.20 Å². The third-order valence-electron chi connectivity index (χ3n) is 4.63. The average Bonchev–Trinajstić information content (AvgIpc) is 2.98. The summed E-state index contributed by atoms with van der Waals surface area (Å²) in [6, 6.07) is 8.02. The minimum absolute atomic E-state index is 0.141. The first kappa shape index (κ1) is 15.7. The SMILES string of the molecule is C=C(Nc1cc2cc(-c3cnn(C)c3)ccc2cn1)C1CC(F)(F)C1. The number of aryl methyl sites for hydroxylation is 1. The lowest BCUT2D eigenvalue weighted by Crippen LogP contribution is -2.37. The molecule has 0 radical (unpaired) electrons. The summed E-state index contributed by atoms with van der Waals surface area (Å²) in [6.07, 6.45) is 5.27. The van der Waals surface area contributed by atoms with Crippen molar-refractivity contribution in [2.45, 2.75) is 18.8 Å². The molecule has 0 saturated heterocycles. The molecule has 1 aliphatic carbocycles. The minimum atomic E-state index is -2.55. The lowest BCUT2D eigenvalue weighted by atomic mass is 9.79. The molecule has 3 aromatic rings. The highest BCUT2D eigenvalue weighted by molar-refractivity contribution is 5.88. The van der Waals surface area contributed by atoms with E-state index in [2.05, 4.69) is 28.0 Å². The van der Waals surface area contributed by atoms with Crippen molar-refractivity contribution in [2.24, 2.45) is 13.0 Å². The number of hydrogen-bond donors (Lipinski definition) is 1. The van der Waals surface area contributed by atoms with E-state index in [0.29, 0.717) is 11.5 Å². The van der Waals surface area contributed by atoms with Crippen LogP contribution < -0.4 is 5.32 Å². The standard InChI is InChI=1S/C19H18F2N4/c1-12(16-7-19(20,21)8-16)24-18-6-15-5-13(3-4-14(15)9-22-18)17-10-23-25(2)11-17/h3-6,9-11,16H,1,7-8H2,2H3,(H,22,24). The van der Waals surface area contributed by atoms with Gasteiger partial charge >= 0.3 is 0 Å². The van der Waals surface area contributed by atoms with Gasteiger partial charge in [-0.05, 0) is 23.1 Å².